The summed E-state index contributed by atoms with van der Waals surface area (Å²) >= 11 is 5.99. The molecule has 148 valence electrons. The van der Waals surface area contributed by atoms with E-state index >= 15 is 0 Å². The third-order valence-corrected chi connectivity index (χ3v) is 4.32. The standard InChI is InChI=1S/C22H18ClFN2O3/c1-28-21-12-16(13-25-26-22(27)18-4-2-3-5-19(18)23)8-11-20(21)29-14-15-6-9-17(24)10-7-15/h2-13H,14H2,1H3,(H,26,27)/b25-13-. The van der Waals surface area contributed by atoms with Crippen molar-refractivity contribution >= 4 is 23.7 Å². The zero-order valence-electron chi connectivity index (χ0n) is 15.6. The second-order valence-electron chi connectivity index (χ2n) is 6.00. The van der Waals surface area contributed by atoms with E-state index in [4.69, 9.17) is 21.1 Å². The molecule has 0 saturated heterocycles. The molecule has 3 aromatic rings. The lowest BCUT2D eigenvalue weighted by molar-refractivity contribution is 0.0955. The molecule has 0 atom stereocenters. The van der Waals surface area contributed by atoms with Gasteiger partial charge in [-0.15, -0.1) is 0 Å². The van der Waals surface area contributed by atoms with Gasteiger partial charge in [0.15, 0.2) is 11.5 Å². The Morgan fingerprint density at radius 3 is 2.59 bits per heavy atom. The van der Waals surface area contributed by atoms with Gasteiger partial charge in [0.05, 0.1) is 23.9 Å². The highest BCUT2D eigenvalue weighted by atomic mass is 35.5. The van der Waals surface area contributed by atoms with E-state index in [2.05, 4.69) is 10.5 Å². The normalized spacial score (nSPS) is 10.7. The summed E-state index contributed by atoms with van der Waals surface area (Å²) < 4.78 is 24.1. The minimum Gasteiger partial charge on any atom is -0.493 e. The van der Waals surface area contributed by atoms with Gasteiger partial charge < -0.3 is 9.47 Å². The summed E-state index contributed by atoms with van der Waals surface area (Å²) in [5.74, 6) is 0.345. The second-order valence-corrected chi connectivity index (χ2v) is 6.41. The molecule has 0 aliphatic carbocycles. The van der Waals surface area contributed by atoms with Crippen molar-refractivity contribution < 1.29 is 18.7 Å². The topological polar surface area (TPSA) is 59.9 Å². The first-order valence-electron chi connectivity index (χ1n) is 8.70. The van der Waals surface area contributed by atoms with Crippen LogP contribution < -0.4 is 14.9 Å². The minimum absolute atomic E-state index is 0.276. The van der Waals surface area contributed by atoms with Gasteiger partial charge in [-0.2, -0.15) is 5.10 Å². The van der Waals surface area contributed by atoms with E-state index in [1.54, 1.807) is 54.6 Å². The molecule has 0 unspecified atom stereocenters. The molecule has 1 N–H and O–H groups in total. The molecule has 0 radical (unpaired) electrons. The zero-order chi connectivity index (χ0) is 20.6. The maximum atomic E-state index is 13.0. The molecule has 3 aromatic carbocycles. The van der Waals surface area contributed by atoms with Crippen molar-refractivity contribution in [2.45, 2.75) is 6.61 Å². The molecule has 29 heavy (non-hydrogen) atoms. The Labute approximate surface area is 172 Å². The number of hydrazone groups is 1. The molecule has 5 nitrogen and oxygen atoms in total. The van der Waals surface area contributed by atoms with Gasteiger partial charge in [-0.25, -0.2) is 9.82 Å². The lowest BCUT2D eigenvalue weighted by atomic mass is 10.2. The van der Waals surface area contributed by atoms with Crippen LogP contribution in [0.15, 0.2) is 71.8 Å². The van der Waals surface area contributed by atoms with Gasteiger partial charge in [-0.1, -0.05) is 35.9 Å². The molecular formula is C22H18ClFN2O3. The minimum atomic E-state index is -0.405. The van der Waals surface area contributed by atoms with Crippen LogP contribution in [0.3, 0.4) is 0 Å². The van der Waals surface area contributed by atoms with Gasteiger partial charge in [-0.3, -0.25) is 4.79 Å². The van der Waals surface area contributed by atoms with Crippen molar-refractivity contribution in [3.63, 3.8) is 0 Å². The number of hydrogen-bond acceptors (Lipinski definition) is 4. The highest BCUT2D eigenvalue weighted by Crippen LogP contribution is 2.28. The maximum absolute atomic E-state index is 13.0. The van der Waals surface area contributed by atoms with Crippen molar-refractivity contribution in [1.29, 1.82) is 0 Å². The van der Waals surface area contributed by atoms with Crippen molar-refractivity contribution in [2.75, 3.05) is 7.11 Å². The fraction of sp³-hybridized carbons (Fsp3) is 0.0909. The predicted octanol–water partition coefficient (Wildman–Crippen LogP) is 4.83. The average Bonchev–Trinajstić information content (AvgIpc) is 2.74. The molecule has 0 spiro atoms. The molecule has 0 aromatic heterocycles. The number of benzene rings is 3. The lowest BCUT2D eigenvalue weighted by Crippen LogP contribution is -2.17. The Morgan fingerprint density at radius 1 is 1.10 bits per heavy atom. The zero-order valence-corrected chi connectivity index (χ0v) is 16.3. The summed E-state index contributed by atoms with van der Waals surface area (Å²) in [6.07, 6.45) is 1.49. The second kappa shape index (κ2) is 9.71. The number of ether oxygens (including phenoxy) is 2. The van der Waals surface area contributed by atoms with Crippen molar-refractivity contribution in [3.05, 3.63) is 94.3 Å². The quantitative estimate of drug-likeness (QED) is 0.446. The molecule has 0 fully saturated rings. The lowest BCUT2D eigenvalue weighted by Gasteiger charge is -2.11. The molecular weight excluding hydrogens is 395 g/mol. The summed E-state index contributed by atoms with van der Waals surface area (Å²) in [4.78, 5) is 12.1. The molecule has 0 heterocycles. The Hall–Kier alpha value is -3.38. The van der Waals surface area contributed by atoms with Crippen LogP contribution in [0.4, 0.5) is 4.39 Å². The first kappa shape index (κ1) is 20.4. The van der Waals surface area contributed by atoms with Gasteiger partial charge in [-0.05, 0) is 53.6 Å². The first-order valence-corrected chi connectivity index (χ1v) is 9.08. The van der Waals surface area contributed by atoms with Crippen LogP contribution >= 0.6 is 11.6 Å². The van der Waals surface area contributed by atoms with Gasteiger partial charge >= 0.3 is 0 Å². The summed E-state index contributed by atoms with van der Waals surface area (Å²) in [5, 5.41) is 4.30. The summed E-state index contributed by atoms with van der Waals surface area (Å²) in [5.41, 5.74) is 4.31. The van der Waals surface area contributed by atoms with Gasteiger partial charge in [0.25, 0.3) is 5.91 Å². The van der Waals surface area contributed by atoms with Crippen molar-refractivity contribution in [1.82, 2.24) is 5.43 Å². The van der Waals surface area contributed by atoms with E-state index in [9.17, 15) is 9.18 Å². The third-order valence-electron chi connectivity index (χ3n) is 3.99. The first-order chi connectivity index (χ1) is 14.1. The molecule has 0 aliphatic heterocycles. The van der Waals surface area contributed by atoms with E-state index in [0.29, 0.717) is 27.6 Å². The maximum Gasteiger partial charge on any atom is 0.272 e. The molecule has 7 heteroatoms. The summed E-state index contributed by atoms with van der Waals surface area (Å²) in [7, 11) is 1.53. The summed E-state index contributed by atoms with van der Waals surface area (Å²) in [6, 6.07) is 18.0. The number of carbonyl (C=O) groups is 1. The molecule has 0 aliphatic rings. The smallest absolute Gasteiger partial charge is 0.272 e. The number of nitrogens with one attached hydrogen (secondary N) is 1. The van der Waals surface area contributed by atoms with Crippen molar-refractivity contribution in [3.8, 4) is 11.5 Å². The Morgan fingerprint density at radius 2 is 1.86 bits per heavy atom. The van der Waals surface area contributed by atoms with E-state index < -0.39 is 5.91 Å². The van der Waals surface area contributed by atoms with Crippen LogP contribution in [-0.4, -0.2) is 19.2 Å². The van der Waals surface area contributed by atoms with Gasteiger partial charge in [0.1, 0.15) is 12.4 Å². The van der Waals surface area contributed by atoms with Crippen molar-refractivity contribution in [2.24, 2.45) is 5.10 Å². The number of hydrogen-bond donors (Lipinski definition) is 1. The highest BCUT2D eigenvalue weighted by molar-refractivity contribution is 6.33. The van der Waals surface area contributed by atoms with Crippen LogP contribution in [0.25, 0.3) is 0 Å². The monoisotopic (exact) mass is 412 g/mol. The molecule has 1 amide bonds. The molecule has 0 bridgehead atoms. The predicted molar refractivity (Wildman–Crippen MR) is 110 cm³/mol. The Bertz CT molecular complexity index is 1020. The number of methoxy groups -OCH3 is 1. The number of halogens is 2. The van der Waals surface area contributed by atoms with E-state index in [0.717, 1.165) is 5.56 Å². The van der Waals surface area contributed by atoms with Gasteiger partial charge in [0, 0.05) is 0 Å². The Balaban J connectivity index is 1.63. The number of amides is 1. The fourth-order valence-electron chi connectivity index (χ4n) is 2.50. The van der Waals surface area contributed by atoms with E-state index in [-0.39, 0.29) is 12.4 Å². The number of rotatable bonds is 7. The highest BCUT2D eigenvalue weighted by Gasteiger charge is 2.09. The average molecular weight is 413 g/mol. The molecule has 0 saturated carbocycles. The van der Waals surface area contributed by atoms with Crippen LogP contribution in [0.1, 0.15) is 21.5 Å². The SMILES string of the molecule is COc1cc(/C=N\NC(=O)c2ccccc2Cl)ccc1OCc1ccc(F)cc1. The van der Waals surface area contributed by atoms with Crippen LogP contribution in [0, 0.1) is 5.82 Å². The third kappa shape index (κ3) is 5.56. The fourth-order valence-corrected chi connectivity index (χ4v) is 2.72. The molecule has 3 rings (SSSR count). The van der Waals surface area contributed by atoms with Gasteiger partial charge in [0.2, 0.25) is 0 Å². The Kier molecular flexibility index (Phi) is 6.81. The van der Waals surface area contributed by atoms with E-state index in [1.165, 1.54) is 25.5 Å². The summed E-state index contributed by atoms with van der Waals surface area (Å²) in [6.45, 7) is 0.276. The van der Waals surface area contributed by atoms with E-state index in [1.807, 2.05) is 0 Å². The van der Waals surface area contributed by atoms with Crippen LogP contribution in [-0.2, 0) is 6.61 Å². The largest absolute Gasteiger partial charge is 0.493 e. The van der Waals surface area contributed by atoms with Crippen LogP contribution in [0.2, 0.25) is 5.02 Å². The number of nitrogens with zero attached hydrogens (tertiary/aromatic N) is 1. The van der Waals surface area contributed by atoms with Crippen LogP contribution in [0.5, 0.6) is 11.5 Å². The number of carbonyl (C=O) groups excluding carboxylic acids is 1.